The van der Waals surface area contributed by atoms with Crippen molar-refractivity contribution in [3.63, 3.8) is 0 Å². The number of hydrogen-bond donors (Lipinski definition) is 5. The van der Waals surface area contributed by atoms with Crippen LogP contribution in [-0.2, 0) is 45.0 Å². The molecule has 0 aliphatic carbocycles. The Morgan fingerprint density at radius 2 is 1.16 bits per heavy atom. The van der Waals surface area contributed by atoms with E-state index in [4.69, 9.17) is 10.5 Å². The number of primary amides is 1. The fourth-order valence-corrected chi connectivity index (χ4v) is 4.41. The second-order valence-electron chi connectivity index (χ2n) is 9.94. The minimum absolute atomic E-state index is 0.0240. The molecule has 11 heteroatoms. The van der Waals surface area contributed by atoms with Crippen LogP contribution in [0, 0.1) is 0 Å². The Bertz CT molecular complexity index is 1470. The van der Waals surface area contributed by atoms with Gasteiger partial charge in [0.15, 0.2) is 0 Å². The van der Waals surface area contributed by atoms with E-state index in [1.54, 1.807) is 0 Å². The Labute approximate surface area is 249 Å². The number of H-pyrrole nitrogens is 1. The van der Waals surface area contributed by atoms with Gasteiger partial charge in [0.2, 0.25) is 17.7 Å². The number of rotatable bonds is 14. The highest BCUT2D eigenvalue weighted by molar-refractivity contribution is 5.94. The average molecular weight is 583 g/mol. The van der Waals surface area contributed by atoms with Crippen molar-refractivity contribution in [3.05, 3.63) is 126 Å². The van der Waals surface area contributed by atoms with Crippen LogP contribution in [0.4, 0.5) is 4.79 Å². The van der Waals surface area contributed by atoms with Crippen LogP contribution in [0.2, 0.25) is 0 Å². The highest BCUT2D eigenvalue weighted by Crippen LogP contribution is 2.09. The monoisotopic (exact) mass is 582 g/mol. The lowest BCUT2D eigenvalue weighted by molar-refractivity contribution is -0.132. The molecule has 0 aliphatic rings. The van der Waals surface area contributed by atoms with Crippen LogP contribution in [0.1, 0.15) is 22.4 Å². The van der Waals surface area contributed by atoms with Gasteiger partial charge in [-0.1, -0.05) is 91.0 Å². The number of aromatic nitrogens is 2. The van der Waals surface area contributed by atoms with Gasteiger partial charge in [0.1, 0.15) is 24.7 Å². The van der Waals surface area contributed by atoms with Crippen molar-refractivity contribution in [2.75, 3.05) is 0 Å². The third kappa shape index (κ3) is 9.85. The Morgan fingerprint density at radius 1 is 0.674 bits per heavy atom. The Kier molecular flexibility index (Phi) is 11.0. The minimum atomic E-state index is -1.08. The molecule has 4 amide bonds. The largest absolute Gasteiger partial charge is 0.445 e. The number of hydrogen-bond acceptors (Lipinski definition) is 6. The highest BCUT2D eigenvalue weighted by Gasteiger charge is 2.30. The summed E-state index contributed by atoms with van der Waals surface area (Å²) < 4.78 is 5.35. The molecule has 0 fully saturated rings. The van der Waals surface area contributed by atoms with Crippen molar-refractivity contribution in [3.8, 4) is 0 Å². The first-order valence-electron chi connectivity index (χ1n) is 13.8. The number of nitrogens with zero attached hydrogens (tertiary/aromatic N) is 1. The van der Waals surface area contributed by atoms with E-state index in [0.29, 0.717) is 5.69 Å². The molecule has 0 saturated heterocycles. The molecule has 43 heavy (non-hydrogen) atoms. The number of imidazole rings is 1. The standard InChI is InChI=1S/C32H34N6O5/c33-29(39)26(18-25-19-34-21-35-25)36-30(40)27(16-22-10-4-1-5-11-22)37-31(41)28(17-23-12-6-2-7-13-23)38-32(42)43-20-24-14-8-3-9-15-24/h1-15,19,21,26-28H,16-18,20H2,(H2,33,39)(H,34,35)(H,36,40)(H,37,41)(H,38,42)/t26-,27-,28-/m0/s1. The lowest BCUT2D eigenvalue weighted by Crippen LogP contribution is -2.57. The molecule has 0 radical (unpaired) electrons. The SMILES string of the molecule is NC(=O)[C@H](Cc1cnc[nH]1)NC(=O)[C@H](Cc1ccccc1)NC(=O)[C@H](Cc1ccccc1)NC(=O)OCc1ccccc1. The summed E-state index contributed by atoms with van der Waals surface area (Å²) >= 11 is 0. The molecule has 3 atom stereocenters. The maximum Gasteiger partial charge on any atom is 0.408 e. The quantitative estimate of drug-likeness (QED) is 0.153. The van der Waals surface area contributed by atoms with Crippen molar-refractivity contribution >= 4 is 23.8 Å². The lowest BCUT2D eigenvalue weighted by atomic mass is 10.0. The normalized spacial score (nSPS) is 12.7. The number of benzene rings is 3. The molecule has 222 valence electrons. The molecule has 11 nitrogen and oxygen atoms in total. The van der Waals surface area contributed by atoms with E-state index in [2.05, 4.69) is 25.9 Å². The van der Waals surface area contributed by atoms with E-state index in [1.165, 1.54) is 12.5 Å². The predicted octanol–water partition coefficient (Wildman–Crippen LogP) is 2.19. The van der Waals surface area contributed by atoms with E-state index in [-0.39, 0.29) is 25.9 Å². The maximum absolute atomic E-state index is 13.7. The summed E-state index contributed by atoms with van der Waals surface area (Å²) in [5.41, 5.74) is 8.55. The molecule has 0 spiro atoms. The average Bonchev–Trinajstić information content (AvgIpc) is 3.54. The number of amides is 4. The second-order valence-corrected chi connectivity index (χ2v) is 9.94. The molecular formula is C32H34N6O5. The first-order chi connectivity index (χ1) is 20.9. The van der Waals surface area contributed by atoms with Crippen LogP contribution in [0.15, 0.2) is 104 Å². The molecule has 0 saturated carbocycles. The van der Waals surface area contributed by atoms with Crippen molar-refractivity contribution in [1.29, 1.82) is 0 Å². The van der Waals surface area contributed by atoms with Crippen LogP contribution >= 0.6 is 0 Å². The molecule has 4 rings (SSSR count). The third-order valence-corrected chi connectivity index (χ3v) is 6.66. The molecule has 1 aromatic heterocycles. The van der Waals surface area contributed by atoms with E-state index >= 15 is 0 Å². The zero-order valence-corrected chi connectivity index (χ0v) is 23.4. The number of carbonyl (C=O) groups is 4. The molecule has 0 bridgehead atoms. The smallest absolute Gasteiger partial charge is 0.408 e. The van der Waals surface area contributed by atoms with Gasteiger partial charge in [-0.15, -0.1) is 0 Å². The van der Waals surface area contributed by atoms with Gasteiger partial charge in [0, 0.05) is 31.2 Å². The van der Waals surface area contributed by atoms with E-state index in [9.17, 15) is 19.2 Å². The van der Waals surface area contributed by atoms with Gasteiger partial charge in [-0.2, -0.15) is 0 Å². The third-order valence-electron chi connectivity index (χ3n) is 6.66. The second kappa shape index (κ2) is 15.5. The molecule has 1 heterocycles. The van der Waals surface area contributed by atoms with Gasteiger partial charge in [0.25, 0.3) is 0 Å². The summed E-state index contributed by atoms with van der Waals surface area (Å²) in [6, 6.07) is 24.2. The number of carbonyl (C=O) groups excluding carboxylic acids is 4. The van der Waals surface area contributed by atoms with Gasteiger partial charge < -0.3 is 31.4 Å². The molecule has 4 aromatic rings. The van der Waals surface area contributed by atoms with Gasteiger partial charge in [-0.3, -0.25) is 14.4 Å². The summed E-state index contributed by atoms with van der Waals surface area (Å²) in [7, 11) is 0. The van der Waals surface area contributed by atoms with Crippen LogP contribution in [-0.4, -0.2) is 51.9 Å². The van der Waals surface area contributed by atoms with Crippen molar-refractivity contribution < 1.29 is 23.9 Å². The zero-order chi connectivity index (χ0) is 30.4. The van der Waals surface area contributed by atoms with Crippen LogP contribution in [0.5, 0.6) is 0 Å². The van der Waals surface area contributed by atoms with Crippen LogP contribution in [0.3, 0.4) is 0 Å². The fourth-order valence-electron chi connectivity index (χ4n) is 4.41. The fraction of sp³-hybridized carbons (Fsp3) is 0.219. The van der Waals surface area contributed by atoms with Crippen LogP contribution in [0.25, 0.3) is 0 Å². The van der Waals surface area contributed by atoms with Gasteiger partial charge in [-0.05, 0) is 16.7 Å². The van der Waals surface area contributed by atoms with Crippen LogP contribution < -0.4 is 21.7 Å². The zero-order valence-electron chi connectivity index (χ0n) is 23.4. The molecule has 0 unspecified atom stereocenters. The summed E-state index contributed by atoms with van der Waals surface area (Å²) in [6.45, 7) is 0.0240. The number of aromatic amines is 1. The maximum atomic E-state index is 13.7. The number of ether oxygens (including phenoxy) is 1. The first kappa shape index (κ1) is 30.5. The Morgan fingerprint density at radius 3 is 1.65 bits per heavy atom. The summed E-state index contributed by atoms with van der Waals surface area (Å²) in [5.74, 6) is -1.94. The molecule has 6 N–H and O–H groups in total. The van der Waals surface area contributed by atoms with Gasteiger partial charge >= 0.3 is 6.09 Å². The summed E-state index contributed by atoms with van der Waals surface area (Å²) in [5, 5.41) is 8.08. The Balaban J connectivity index is 1.50. The van der Waals surface area contributed by atoms with Crippen molar-refractivity contribution in [1.82, 2.24) is 25.9 Å². The van der Waals surface area contributed by atoms with Gasteiger partial charge in [0.05, 0.1) is 6.33 Å². The van der Waals surface area contributed by atoms with E-state index in [0.717, 1.165) is 16.7 Å². The number of nitrogens with one attached hydrogen (secondary N) is 4. The Hall–Kier alpha value is -5.45. The number of nitrogens with two attached hydrogens (primary N) is 1. The molecule has 0 aliphatic heterocycles. The summed E-state index contributed by atoms with van der Waals surface area (Å²) in [6.07, 6.45) is 2.58. The molecule has 3 aromatic carbocycles. The minimum Gasteiger partial charge on any atom is -0.445 e. The lowest BCUT2D eigenvalue weighted by Gasteiger charge is -2.25. The predicted molar refractivity (Wildman–Crippen MR) is 159 cm³/mol. The number of alkyl carbamates (subject to hydrolysis) is 1. The van der Waals surface area contributed by atoms with E-state index < -0.39 is 41.9 Å². The molecular weight excluding hydrogens is 548 g/mol. The summed E-state index contributed by atoms with van der Waals surface area (Å²) in [4.78, 5) is 58.9. The van der Waals surface area contributed by atoms with Crippen molar-refractivity contribution in [2.45, 2.75) is 44.0 Å². The van der Waals surface area contributed by atoms with E-state index in [1.807, 2.05) is 91.0 Å². The highest BCUT2D eigenvalue weighted by atomic mass is 16.5. The van der Waals surface area contributed by atoms with Gasteiger partial charge in [-0.25, -0.2) is 9.78 Å². The topological polar surface area (TPSA) is 168 Å². The first-order valence-corrected chi connectivity index (χ1v) is 13.8. The van der Waals surface area contributed by atoms with Crippen molar-refractivity contribution in [2.24, 2.45) is 5.73 Å².